The van der Waals surface area contributed by atoms with Gasteiger partial charge in [-0.05, 0) is 12.0 Å². The SMILES string of the molecule is C=CCCNC(=O)C(CO)c1ccccc1. The van der Waals surface area contributed by atoms with Gasteiger partial charge in [0.05, 0.1) is 12.5 Å². The van der Waals surface area contributed by atoms with Crippen molar-refractivity contribution < 1.29 is 9.90 Å². The first kappa shape index (κ1) is 12.5. The van der Waals surface area contributed by atoms with Crippen LogP contribution in [-0.2, 0) is 4.79 Å². The van der Waals surface area contributed by atoms with Gasteiger partial charge < -0.3 is 10.4 Å². The van der Waals surface area contributed by atoms with Gasteiger partial charge in [0.1, 0.15) is 0 Å². The molecule has 1 aromatic carbocycles. The van der Waals surface area contributed by atoms with Gasteiger partial charge in [-0.1, -0.05) is 36.4 Å². The zero-order valence-corrected chi connectivity index (χ0v) is 9.23. The highest BCUT2D eigenvalue weighted by atomic mass is 16.3. The smallest absolute Gasteiger partial charge is 0.229 e. The molecule has 2 N–H and O–H groups in total. The molecule has 0 aromatic heterocycles. The second-order valence-electron chi connectivity index (χ2n) is 3.51. The van der Waals surface area contributed by atoms with Gasteiger partial charge in [-0.3, -0.25) is 4.79 Å². The zero-order valence-electron chi connectivity index (χ0n) is 9.23. The van der Waals surface area contributed by atoms with Crippen LogP contribution >= 0.6 is 0 Å². The highest BCUT2D eigenvalue weighted by molar-refractivity contribution is 5.83. The van der Waals surface area contributed by atoms with Gasteiger partial charge in [-0.2, -0.15) is 0 Å². The fourth-order valence-corrected chi connectivity index (χ4v) is 1.45. The molecule has 1 unspecified atom stereocenters. The second kappa shape index (κ2) is 6.80. The molecule has 0 heterocycles. The Hall–Kier alpha value is -1.61. The van der Waals surface area contributed by atoms with E-state index in [2.05, 4.69) is 11.9 Å². The molecular formula is C13H17NO2. The molecule has 0 aliphatic rings. The van der Waals surface area contributed by atoms with Crippen molar-refractivity contribution in [2.45, 2.75) is 12.3 Å². The number of carbonyl (C=O) groups is 1. The lowest BCUT2D eigenvalue weighted by molar-refractivity contribution is -0.123. The van der Waals surface area contributed by atoms with Crippen LogP contribution in [0.1, 0.15) is 17.9 Å². The van der Waals surface area contributed by atoms with E-state index in [4.69, 9.17) is 0 Å². The van der Waals surface area contributed by atoms with E-state index in [1.165, 1.54) is 0 Å². The molecule has 0 fully saturated rings. The quantitative estimate of drug-likeness (QED) is 0.562. The minimum absolute atomic E-state index is 0.143. The summed E-state index contributed by atoms with van der Waals surface area (Å²) in [7, 11) is 0. The first-order valence-electron chi connectivity index (χ1n) is 5.34. The van der Waals surface area contributed by atoms with Crippen molar-refractivity contribution in [3.05, 3.63) is 48.6 Å². The van der Waals surface area contributed by atoms with Gasteiger partial charge in [0.2, 0.25) is 5.91 Å². The minimum Gasteiger partial charge on any atom is -0.395 e. The van der Waals surface area contributed by atoms with E-state index in [9.17, 15) is 9.90 Å². The Balaban J connectivity index is 2.60. The third-order valence-electron chi connectivity index (χ3n) is 2.35. The summed E-state index contributed by atoms with van der Waals surface area (Å²) in [4.78, 5) is 11.7. The molecule has 86 valence electrons. The molecule has 16 heavy (non-hydrogen) atoms. The predicted octanol–water partition coefficient (Wildman–Crippen LogP) is 1.45. The van der Waals surface area contributed by atoms with E-state index < -0.39 is 5.92 Å². The van der Waals surface area contributed by atoms with Gasteiger partial charge in [0.25, 0.3) is 0 Å². The lowest BCUT2D eigenvalue weighted by Gasteiger charge is -2.14. The highest BCUT2D eigenvalue weighted by Crippen LogP contribution is 2.14. The summed E-state index contributed by atoms with van der Waals surface area (Å²) in [6.45, 7) is 3.96. The molecule has 3 heteroatoms. The van der Waals surface area contributed by atoms with Crippen LogP contribution in [0.4, 0.5) is 0 Å². The van der Waals surface area contributed by atoms with E-state index >= 15 is 0 Å². The molecule has 0 aliphatic heterocycles. The Bertz CT molecular complexity index is 335. The molecule has 0 radical (unpaired) electrons. The third-order valence-corrected chi connectivity index (χ3v) is 2.35. The standard InChI is InChI=1S/C13H17NO2/c1-2-3-9-14-13(16)12(10-15)11-7-5-4-6-8-11/h2,4-8,12,15H,1,3,9-10H2,(H,14,16). The van der Waals surface area contributed by atoms with Crippen molar-refractivity contribution in [2.24, 2.45) is 0 Å². The number of carbonyl (C=O) groups excluding carboxylic acids is 1. The van der Waals surface area contributed by atoms with Gasteiger partial charge >= 0.3 is 0 Å². The van der Waals surface area contributed by atoms with Crippen LogP contribution < -0.4 is 5.32 Å². The van der Waals surface area contributed by atoms with Crippen LogP contribution in [0.2, 0.25) is 0 Å². The van der Waals surface area contributed by atoms with Crippen molar-refractivity contribution in [3.63, 3.8) is 0 Å². The lowest BCUT2D eigenvalue weighted by atomic mass is 9.99. The molecule has 3 nitrogen and oxygen atoms in total. The van der Waals surface area contributed by atoms with Crippen LogP contribution in [0, 0.1) is 0 Å². The molecule has 1 amide bonds. The lowest BCUT2D eigenvalue weighted by Crippen LogP contribution is -2.31. The van der Waals surface area contributed by atoms with Crippen molar-refractivity contribution in [1.82, 2.24) is 5.32 Å². The maximum atomic E-state index is 11.7. The van der Waals surface area contributed by atoms with E-state index in [0.29, 0.717) is 6.54 Å². The summed E-state index contributed by atoms with van der Waals surface area (Å²) < 4.78 is 0. The number of aliphatic hydroxyl groups excluding tert-OH is 1. The molecule has 0 aliphatic carbocycles. The number of amides is 1. The van der Waals surface area contributed by atoms with Gasteiger partial charge in [-0.15, -0.1) is 6.58 Å². The Morgan fingerprint density at radius 1 is 1.44 bits per heavy atom. The average Bonchev–Trinajstić information content (AvgIpc) is 2.32. The van der Waals surface area contributed by atoms with E-state index in [1.54, 1.807) is 6.08 Å². The second-order valence-corrected chi connectivity index (χ2v) is 3.51. The molecule has 0 saturated carbocycles. The predicted molar refractivity (Wildman–Crippen MR) is 64.1 cm³/mol. The maximum Gasteiger partial charge on any atom is 0.229 e. The molecule has 1 atom stereocenters. The van der Waals surface area contributed by atoms with Crippen molar-refractivity contribution in [3.8, 4) is 0 Å². The van der Waals surface area contributed by atoms with Crippen molar-refractivity contribution in [2.75, 3.05) is 13.2 Å². The topological polar surface area (TPSA) is 49.3 Å². The summed E-state index contributed by atoms with van der Waals surface area (Å²) in [6, 6.07) is 9.28. The third kappa shape index (κ3) is 3.51. The number of aliphatic hydroxyl groups is 1. The molecule has 0 spiro atoms. The number of rotatable bonds is 6. The number of benzene rings is 1. The minimum atomic E-state index is -0.481. The van der Waals surface area contributed by atoms with E-state index in [1.807, 2.05) is 30.3 Å². The monoisotopic (exact) mass is 219 g/mol. The van der Waals surface area contributed by atoms with Crippen LogP contribution in [0.3, 0.4) is 0 Å². The van der Waals surface area contributed by atoms with Crippen LogP contribution in [0.25, 0.3) is 0 Å². The maximum absolute atomic E-state index is 11.7. The Labute approximate surface area is 95.8 Å². The number of nitrogens with one attached hydrogen (secondary N) is 1. The molecular weight excluding hydrogens is 202 g/mol. The Morgan fingerprint density at radius 3 is 2.69 bits per heavy atom. The van der Waals surface area contributed by atoms with Crippen LogP contribution in [0.15, 0.2) is 43.0 Å². The van der Waals surface area contributed by atoms with Gasteiger partial charge in [-0.25, -0.2) is 0 Å². The van der Waals surface area contributed by atoms with Crippen LogP contribution in [-0.4, -0.2) is 24.2 Å². The number of hydrogen-bond acceptors (Lipinski definition) is 2. The summed E-state index contributed by atoms with van der Waals surface area (Å²) in [5.41, 5.74) is 0.834. The van der Waals surface area contributed by atoms with Crippen molar-refractivity contribution in [1.29, 1.82) is 0 Å². The summed E-state index contributed by atoms with van der Waals surface area (Å²) in [6.07, 6.45) is 2.48. The normalized spacial score (nSPS) is 11.8. The molecule has 0 bridgehead atoms. The van der Waals surface area contributed by atoms with E-state index in [0.717, 1.165) is 12.0 Å². The van der Waals surface area contributed by atoms with Crippen molar-refractivity contribution >= 4 is 5.91 Å². The van der Waals surface area contributed by atoms with Gasteiger partial charge in [0, 0.05) is 6.54 Å². The largest absolute Gasteiger partial charge is 0.395 e. The first-order chi connectivity index (χ1) is 7.79. The van der Waals surface area contributed by atoms with E-state index in [-0.39, 0.29) is 12.5 Å². The summed E-state index contributed by atoms with van der Waals surface area (Å²) in [5, 5.41) is 12.0. The molecule has 0 saturated heterocycles. The van der Waals surface area contributed by atoms with Crippen LogP contribution in [0.5, 0.6) is 0 Å². The number of hydrogen-bond donors (Lipinski definition) is 2. The Kier molecular flexibility index (Phi) is 5.29. The summed E-state index contributed by atoms with van der Waals surface area (Å²) in [5.74, 6) is -0.624. The highest BCUT2D eigenvalue weighted by Gasteiger charge is 2.18. The summed E-state index contributed by atoms with van der Waals surface area (Å²) >= 11 is 0. The Morgan fingerprint density at radius 2 is 2.12 bits per heavy atom. The van der Waals surface area contributed by atoms with Gasteiger partial charge in [0.15, 0.2) is 0 Å². The fourth-order valence-electron chi connectivity index (χ4n) is 1.45. The first-order valence-corrected chi connectivity index (χ1v) is 5.34. The zero-order chi connectivity index (χ0) is 11.8. The fraction of sp³-hybridized carbons (Fsp3) is 0.308. The molecule has 1 aromatic rings. The average molecular weight is 219 g/mol. The molecule has 1 rings (SSSR count).